The highest BCUT2D eigenvalue weighted by Crippen LogP contribution is 2.20. The van der Waals surface area contributed by atoms with Crippen LogP contribution in [-0.4, -0.2) is 76.5 Å². The lowest BCUT2D eigenvalue weighted by molar-refractivity contribution is -0.130. The second kappa shape index (κ2) is 9.01. The Kier molecular flexibility index (Phi) is 6.15. The lowest BCUT2D eigenvalue weighted by atomic mass is 10.2. The van der Waals surface area contributed by atoms with Crippen LogP contribution in [0, 0.1) is 12.7 Å². The number of anilines is 1. The fraction of sp³-hybridized carbons (Fsp3) is 0.300. The predicted molar refractivity (Wildman–Crippen MR) is 114 cm³/mol. The van der Waals surface area contributed by atoms with Gasteiger partial charge in [0.05, 0.1) is 17.1 Å². The molecular formula is C20H22FN7O3S. The zero-order chi connectivity index (χ0) is 22.7. The van der Waals surface area contributed by atoms with E-state index >= 15 is 0 Å². The molecule has 0 aliphatic carbocycles. The van der Waals surface area contributed by atoms with E-state index in [-0.39, 0.29) is 43.5 Å². The van der Waals surface area contributed by atoms with Gasteiger partial charge in [-0.2, -0.15) is 4.31 Å². The van der Waals surface area contributed by atoms with Crippen molar-refractivity contribution in [2.45, 2.75) is 11.8 Å². The van der Waals surface area contributed by atoms with E-state index in [0.29, 0.717) is 0 Å². The van der Waals surface area contributed by atoms with Crippen molar-refractivity contribution in [2.75, 3.05) is 38.0 Å². The van der Waals surface area contributed by atoms with Crippen LogP contribution in [0.2, 0.25) is 0 Å². The molecule has 1 aliphatic rings. The van der Waals surface area contributed by atoms with Crippen LogP contribution in [0.25, 0.3) is 5.69 Å². The average molecular weight is 460 g/mol. The first-order valence-electron chi connectivity index (χ1n) is 9.96. The Morgan fingerprint density at radius 3 is 2.59 bits per heavy atom. The minimum absolute atomic E-state index is 0.0660. The van der Waals surface area contributed by atoms with Gasteiger partial charge in [-0.05, 0) is 53.2 Å². The molecule has 32 heavy (non-hydrogen) atoms. The minimum Gasteiger partial charge on any atom is -0.376 e. The molecule has 0 bridgehead atoms. The minimum atomic E-state index is -3.80. The Balaban J connectivity index is 1.35. The number of nitrogens with one attached hydrogen (secondary N) is 1. The van der Waals surface area contributed by atoms with Crippen molar-refractivity contribution < 1.29 is 17.6 Å². The molecule has 168 valence electrons. The molecule has 12 heteroatoms. The highest BCUT2D eigenvalue weighted by atomic mass is 32.2. The smallest absolute Gasteiger partial charge is 0.243 e. The molecule has 0 saturated carbocycles. The number of carbonyl (C=O) groups is 1. The summed E-state index contributed by atoms with van der Waals surface area (Å²) in [7, 11) is -3.80. The number of halogens is 1. The Hall–Kier alpha value is -3.38. The second-order valence-electron chi connectivity index (χ2n) is 7.35. The first kappa shape index (κ1) is 21.8. The van der Waals surface area contributed by atoms with E-state index in [9.17, 15) is 17.6 Å². The second-order valence-corrected chi connectivity index (χ2v) is 9.29. The van der Waals surface area contributed by atoms with Crippen LogP contribution in [-0.2, 0) is 14.8 Å². The van der Waals surface area contributed by atoms with Crippen LogP contribution in [0.5, 0.6) is 0 Å². The third kappa shape index (κ3) is 4.60. The number of amides is 1. The zero-order valence-electron chi connectivity index (χ0n) is 17.3. The zero-order valence-corrected chi connectivity index (χ0v) is 18.2. The SMILES string of the molecule is Cc1ccc(-n2cnnn2)cc1NCC(=O)N1CCN(S(=O)(=O)c2cccc(F)c2)CC1. The number of rotatable bonds is 6. The number of nitrogens with zero attached hydrogens (tertiary/aromatic N) is 6. The highest BCUT2D eigenvalue weighted by Gasteiger charge is 2.30. The van der Waals surface area contributed by atoms with E-state index in [2.05, 4.69) is 20.8 Å². The molecule has 0 atom stereocenters. The lowest BCUT2D eigenvalue weighted by Crippen LogP contribution is -2.51. The summed E-state index contributed by atoms with van der Waals surface area (Å²) in [5, 5.41) is 14.2. The van der Waals surface area contributed by atoms with Gasteiger partial charge in [0, 0.05) is 31.9 Å². The molecule has 3 aromatic rings. The Labute approximate surface area is 184 Å². The summed E-state index contributed by atoms with van der Waals surface area (Å²) in [6, 6.07) is 10.6. The molecule has 0 radical (unpaired) electrons. The predicted octanol–water partition coefficient (Wildman–Crippen LogP) is 1.05. The molecule has 1 fully saturated rings. The summed E-state index contributed by atoms with van der Waals surface area (Å²) in [6.45, 7) is 2.82. The lowest BCUT2D eigenvalue weighted by Gasteiger charge is -2.34. The topological polar surface area (TPSA) is 113 Å². The molecule has 1 N–H and O–H groups in total. The fourth-order valence-electron chi connectivity index (χ4n) is 3.46. The molecule has 4 rings (SSSR count). The summed E-state index contributed by atoms with van der Waals surface area (Å²) in [5.74, 6) is -0.745. The number of hydrogen-bond donors (Lipinski definition) is 1. The largest absolute Gasteiger partial charge is 0.376 e. The number of aromatic nitrogens is 4. The monoisotopic (exact) mass is 459 g/mol. The van der Waals surface area contributed by atoms with E-state index in [0.717, 1.165) is 23.0 Å². The summed E-state index contributed by atoms with van der Waals surface area (Å²) < 4.78 is 41.7. The normalized spacial score (nSPS) is 15.0. The van der Waals surface area contributed by atoms with Crippen LogP contribution in [0.15, 0.2) is 53.7 Å². The van der Waals surface area contributed by atoms with Crippen molar-refractivity contribution >= 4 is 21.6 Å². The van der Waals surface area contributed by atoms with Crippen molar-refractivity contribution in [3.63, 3.8) is 0 Å². The first-order valence-corrected chi connectivity index (χ1v) is 11.4. The maximum Gasteiger partial charge on any atom is 0.243 e. The maximum atomic E-state index is 13.4. The summed E-state index contributed by atoms with van der Waals surface area (Å²) in [5.41, 5.74) is 2.49. The van der Waals surface area contributed by atoms with Crippen molar-refractivity contribution in [3.05, 3.63) is 60.2 Å². The van der Waals surface area contributed by atoms with Gasteiger partial charge >= 0.3 is 0 Å². The van der Waals surface area contributed by atoms with E-state index in [1.54, 1.807) is 4.90 Å². The molecular weight excluding hydrogens is 437 g/mol. The number of piperazine rings is 1. The Bertz CT molecular complexity index is 1210. The van der Waals surface area contributed by atoms with Gasteiger partial charge in [0.1, 0.15) is 12.1 Å². The molecule has 10 nitrogen and oxygen atoms in total. The molecule has 2 aromatic carbocycles. The van der Waals surface area contributed by atoms with Crippen LogP contribution >= 0.6 is 0 Å². The molecule has 2 heterocycles. The van der Waals surface area contributed by atoms with E-state index in [4.69, 9.17) is 0 Å². The van der Waals surface area contributed by atoms with Gasteiger partial charge in [-0.3, -0.25) is 4.79 Å². The van der Waals surface area contributed by atoms with Crippen LogP contribution in [0.4, 0.5) is 10.1 Å². The van der Waals surface area contributed by atoms with Crippen molar-refractivity contribution in [1.82, 2.24) is 29.4 Å². The summed E-state index contributed by atoms with van der Waals surface area (Å²) >= 11 is 0. The van der Waals surface area contributed by atoms with Gasteiger partial charge < -0.3 is 10.2 Å². The average Bonchev–Trinajstić information content (AvgIpc) is 3.33. The van der Waals surface area contributed by atoms with Gasteiger partial charge in [-0.1, -0.05) is 12.1 Å². The van der Waals surface area contributed by atoms with Gasteiger partial charge in [-0.15, -0.1) is 5.10 Å². The highest BCUT2D eigenvalue weighted by molar-refractivity contribution is 7.89. The van der Waals surface area contributed by atoms with E-state index in [1.165, 1.54) is 33.5 Å². The number of tetrazole rings is 1. The van der Waals surface area contributed by atoms with E-state index in [1.807, 2.05) is 25.1 Å². The molecule has 1 amide bonds. The quantitative estimate of drug-likeness (QED) is 0.586. The van der Waals surface area contributed by atoms with Crippen LogP contribution in [0.1, 0.15) is 5.56 Å². The number of aryl methyl sites for hydroxylation is 1. The first-order chi connectivity index (χ1) is 15.3. The number of benzene rings is 2. The van der Waals surface area contributed by atoms with Crippen molar-refractivity contribution in [3.8, 4) is 5.69 Å². The summed E-state index contributed by atoms with van der Waals surface area (Å²) in [6.07, 6.45) is 1.48. The van der Waals surface area contributed by atoms with Crippen molar-refractivity contribution in [2.24, 2.45) is 0 Å². The third-order valence-electron chi connectivity index (χ3n) is 5.29. The Morgan fingerprint density at radius 1 is 1.12 bits per heavy atom. The summed E-state index contributed by atoms with van der Waals surface area (Å²) in [4.78, 5) is 14.2. The van der Waals surface area contributed by atoms with Gasteiger partial charge in [0.25, 0.3) is 0 Å². The molecule has 0 unspecified atom stereocenters. The van der Waals surface area contributed by atoms with E-state index < -0.39 is 15.8 Å². The van der Waals surface area contributed by atoms with Crippen LogP contribution in [0.3, 0.4) is 0 Å². The standard InChI is InChI=1S/C20H22FN7O3S/c1-15-5-6-17(28-14-23-24-25-28)12-19(15)22-13-20(29)26-7-9-27(10-8-26)32(30,31)18-4-2-3-16(21)11-18/h2-6,11-12,14,22H,7-10,13H2,1H3. The number of carbonyl (C=O) groups excluding carboxylic acids is 1. The number of hydrogen-bond acceptors (Lipinski definition) is 7. The number of sulfonamides is 1. The Morgan fingerprint density at radius 2 is 1.91 bits per heavy atom. The maximum absolute atomic E-state index is 13.4. The molecule has 1 aromatic heterocycles. The molecule has 1 saturated heterocycles. The van der Waals surface area contributed by atoms with Gasteiger partial charge in [0.15, 0.2) is 0 Å². The van der Waals surface area contributed by atoms with Gasteiger partial charge in [-0.25, -0.2) is 17.5 Å². The van der Waals surface area contributed by atoms with Crippen molar-refractivity contribution in [1.29, 1.82) is 0 Å². The third-order valence-corrected chi connectivity index (χ3v) is 7.18. The molecule has 1 aliphatic heterocycles. The van der Waals surface area contributed by atoms with Gasteiger partial charge in [0.2, 0.25) is 15.9 Å². The molecule has 0 spiro atoms. The van der Waals surface area contributed by atoms with Crippen LogP contribution < -0.4 is 5.32 Å². The fourth-order valence-corrected chi connectivity index (χ4v) is 4.91.